The van der Waals surface area contributed by atoms with Crippen LogP contribution < -0.4 is 0 Å². The third-order valence-electron chi connectivity index (χ3n) is 5.23. The Kier molecular flexibility index (Phi) is 14.9. The molecule has 0 amide bonds. The van der Waals surface area contributed by atoms with Gasteiger partial charge in [-0.2, -0.15) is 0 Å². The van der Waals surface area contributed by atoms with Gasteiger partial charge in [-0.15, -0.1) is 0 Å². The van der Waals surface area contributed by atoms with Gasteiger partial charge in [0.2, 0.25) is 0 Å². The molecule has 0 unspecified atom stereocenters. The van der Waals surface area contributed by atoms with Crippen LogP contribution in [0.15, 0.2) is 0 Å². The second kappa shape index (κ2) is 14.2. The average molecular weight is 448 g/mol. The second-order valence-corrected chi connectivity index (χ2v) is 26.6. The summed E-state index contributed by atoms with van der Waals surface area (Å²) in [6.07, 6.45) is 11.0. The van der Waals surface area contributed by atoms with Gasteiger partial charge in [-0.1, -0.05) is 0 Å². The molecule has 0 fully saturated rings. The Balaban J connectivity index is 5.40. The van der Waals surface area contributed by atoms with Crippen molar-refractivity contribution in [2.24, 2.45) is 0 Å². The third-order valence-corrected chi connectivity index (χ3v) is 33.6. The number of rotatable bonds is 16. The van der Waals surface area contributed by atoms with E-state index >= 15 is 0 Å². The Morgan fingerprint density at radius 3 is 1.00 bits per heavy atom. The summed E-state index contributed by atoms with van der Waals surface area (Å²) in [5.41, 5.74) is 0. The van der Waals surface area contributed by atoms with Gasteiger partial charge >= 0.3 is 154 Å². The minimum atomic E-state index is -2.10. The molecule has 1 nitrogen and oxygen atoms in total. The van der Waals surface area contributed by atoms with Crippen LogP contribution in [-0.4, -0.2) is 27.2 Å². The topological polar surface area (TPSA) is 9.23 Å². The maximum atomic E-state index is 7.57. The van der Waals surface area contributed by atoms with Crippen LogP contribution >= 0.6 is 0 Å². The predicted molar refractivity (Wildman–Crippen MR) is 112 cm³/mol. The fourth-order valence-corrected chi connectivity index (χ4v) is 39.2. The Labute approximate surface area is 154 Å². The zero-order chi connectivity index (χ0) is 17.6. The van der Waals surface area contributed by atoms with Crippen molar-refractivity contribution in [3.63, 3.8) is 0 Å². The van der Waals surface area contributed by atoms with Crippen LogP contribution in [0, 0.1) is 0 Å². The van der Waals surface area contributed by atoms with Gasteiger partial charge in [0.15, 0.2) is 0 Å². The number of hydrogen-bond donors (Lipinski definition) is 0. The van der Waals surface area contributed by atoms with Gasteiger partial charge in [0.1, 0.15) is 0 Å². The molecule has 0 saturated carbocycles. The molecule has 0 aliphatic rings. The van der Waals surface area contributed by atoms with Crippen molar-refractivity contribution in [1.29, 1.82) is 0 Å². The molecular formula is C20H46Ge2O. The predicted octanol–water partition coefficient (Wildman–Crippen LogP) is 8.13. The summed E-state index contributed by atoms with van der Waals surface area (Å²) in [7, 11) is 0. The van der Waals surface area contributed by atoms with E-state index in [1.807, 2.05) is 0 Å². The second-order valence-electron chi connectivity index (χ2n) is 7.68. The molecule has 0 bridgehead atoms. The third kappa shape index (κ3) is 9.35. The van der Waals surface area contributed by atoms with Gasteiger partial charge < -0.3 is 0 Å². The van der Waals surface area contributed by atoms with Crippen LogP contribution in [0.1, 0.15) is 92.9 Å². The molecule has 140 valence electrons. The van der Waals surface area contributed by atoms with Crippen molar-refractivity contribution in [3.05, 3.63) is 0 Å². The summed E-state index contributed by atoms with van der Waals surface area (Å²) in [5.74, 6) is 0. The maximum absolute atomic E-state index is 7.57. The molecule has 0 atom stereocenters. The van der Waals surface area contributed by atoms with E-state index in [2.05, 4.69) is 41.5 Å². The van der Waals surface area contributed by atoms with Crippen LogP contribution in [-0.2, 0) is 2.79 Å². The van der Waals surface area contributed by atoms with Crippen LogP contribution in [0.2, 0.25) is 31.5 Å². The SMILES string of the molecule is CCC[CH2][Ge]([CH2]CC)([CH2]CCC)[O][Ge]([CH2]CC)([CH2]CC)[CH2]CC. The Bertz CT molecular complexity index is 243. The number of hydrogen-bond acceptors (Lipinski definition) is 1. The molecule has 0 aromatic carbocycles. The van der Waals surface area contributed by atoms with E-state index in [1.165, 1.54) is 82.9 Å². The standard InChI is InChI=1S/C20H46Ge2O/c1-7-13-19-22(18-12-6,20-14-8-2)23-21(15-9-3,16-10-4)17-11-5/h7-20H2,1-6H3. The Morgan fingerprint density at radius 1 is 0.435 bits per heavy atom. The summed E-state index contributed by atoms with van der Waals surface area (Å²) in [6, 6.07) is 0. The van der Waals surface area contributed by atoms with Gasteiger partial charge in [-0.25, -0.2) is 0 Å². The summed E-state index contributed by atoms with van der Waals surface area (Å²) in [6.45, 7) is 14.3. The molecule has 0 radical (unpaired) electrons. The van der Waals surface area contributed by atoms with E-state index in [0.717, 1.165) is 0 Å². The fourth-order valence-electron chi connectivity index (χ4n) is 4.34. The first kappa shape index (κ1) is 24.0. The molecule has 0 aliphatic carbocycles. The van der Waals surface area contributed by atoms with Gasteiger partial charge in [0.25, 0.3) is 0 Å². The van der Waals surface area contributed by atoms with E-state index in [-0.39, 0.29) is 0 Å². The van der Waals surface area contributed by atoms with E-state index in [4.69, 9.17) is 2.79 Å². The average Bonchev–Trinajstić information content (AvgIpc) is 2.52. The fraction of sp³-hybridized carbons (Fsp3) is 1.00. The summed E-state index contributed by atoms with van der Waals surface area (Å²) in [5, 5.41) is 8.87. The van der Waals surface area contributed by atoms with E-state index < -0.39 is 27.2 Å². The molecule has 0 aliphatic heterocycles. The molecule has 0 aromatic heterocycles. The summed E-state index contributed by atoms with van der Waals surface area (Å²) in [4.78, 5) is 0. The van der Waals surface area contributed by atoms with Crippen molar-refractivity contribution in [3.8, 4) is 0 Å². The molecule has 0 rings (SSSR count). The molecule has 23 heavy (non-hydrogen) atoms. The van der Waals surface area contributed by atoms with Crippen LogP contribution in [0.25, 0.3) is 0 Å². The molecule has 0 aromatic rings. The normalized spacial score (nSPS) is 12.8. The van der Waals surface area contributed by atoms with Gasteiger partial charge in [-0.3, -0.25) is 0 Å². The molecule has 0 spiro atoms. The molecular weight excluding hydrogens is 401 g/mol. The van der Waals surface area contributed by atoms with Gasteiger partial charge in [0, 0.05) is 0 Å². The van der Waals surface area contributed by atoms with E-state index in [1.54, 1.807) is 0 Å². The zero-order valence-electron chi connectivity index (χ0n) is 17.3. The molecule has 0 saturated heterocycles. The summed E-state index contributed by atoms with van der Waals surface area (Å²) < 4.78 is 7.57. The van der Waals surface area contributed by atoms with Crippen LogP contribution in [0.3, 0.4) is 0 Å². The van der Waals surface area contributed by atoms with Crippen molar-refractivity contribution in [2.75, 3.05) is 0 Å². The van der Waals surface area contributed by atoms with Gasteiger partial charge in [-0.05, 0) is 0 Å². The van der Waals surface area contributed by atoms with Crippen LogP contribution in [0.4, 0.5) is 0 Å². The molecule has 3 heteroatoms. The van der Waals surface area contributed by atoms with Crippen molar-refractivity contribution in [2.45, 2.75) is 124 Å². The van der Waals surface area contributed by atoms with Crippen molar-refractivity contribution in [1.82, 2.24) is 0 Å². The van der Waals surface area contributed by atoms with Crippen LogP contribution in [0.5, 0.6) is 0 Å². The molecule has 0 heterocycles. The van der Waals surface area contributed by atoms with Gasteiger partial charge in [0.05, 0.1) is 0 Å². The first-order valence-electron chi connectivity index (χ1n) is 10.8. The first-order chi connectivity index (χ1) is 11.1. The summed E-state index contributed by atoms with van der Waals surface area (Å²) >= 11 is -4.19. The number of unbranched alkanes of at least 4 members (excludes halogenated alkanes) is 2. The van der Waals surface area contributed by atoms with Crippen molar-refractivity contribution >= 4 is 27.2 Å². The minimum absolute atomic E-state index is 1.35. The Morgan fingerprint density at radius 2 is 0.739 bits per heavy atom. The quantitative estimate of drug-likeness (QED) is 0.217. The van der Waals surface area contributed by atoms with Crippen molar-refractivity contribution < 1.29 is 2.79 Å². The first-order valence-corrected chi connectivity index (χ1v) is 21.4. The van der Waals surface area contributed by atoms with E-state index in [9.17, 15) is 0 Å². The van der Waals surface area contributed by atoms with E-state index in [0.29, 0.717) is 0 Å². The Hall–Kier alpha value is 1.05. The monoisotopic (exact) mass is 450 g/mol. The molecule has 0 N–H and O–H groups in total. The zero-order valence-corrected chi connectivity index (χ0v) is 21.5.